The second-order valence-corrected chi connectivity index (χ2v) is 27.8. The van der Waals surface area contributed by atoms with Crippen molar-refractivity contribution in [1.82, 2.24) is 0 Å². The van der Waals surface area contributed by atoms with Crippen molar-refractivity contribution in [2.45, 2.75) is 27.7 Å². The highest BCUT2D eigenvalue weighted by Gasteiger charge is 2.51. The summed E-state index contributed by atoms with van der Waals surface area (Å²) in [5, 5.41) is 0. The van der Waals surface area contributed by atoms with Gasteiger partial charge in [0.05, 0.1) is 28.4 Å². The third-order valence-electron chi connectivity index (χ3n) is 20.5. The van der Waals surface area contributed by atoms with Crippen LogP contribution in [0.15, 0.2) is 332 Å². The van der Waals surface area contributed by atoms with Crippen LogP contribution in [-0.4, -0.2) is 13.4 Å². The molecule has 0 saturated heterocycles. The molecule has 2 aromatic heterocycles. The van der Waals surface area contributed by atoms with Gasteiger partial charge in [-0.2, -0.15) is 0 Å². The second kappa shape index (κ2) is 23.8. The summed E-state index contributed by atoms with van der Waals surface area (Å²) in [6.07, 6.45) is 0. The zero-order valence-corrected chi connectivity index (χ0v) is 56.6. The van der Waals surface area contributed by atoms with E-state index in [4.69, 9.17) is 4.42 Å². The SMILES string of the molecule is Cc1ccc(C)c(N(c2ccccc2)c2cc3c4c(c2)N(c2ccccc2)c2cc(-c5ccccc5)oc2B4c2cc4c(cc2N3c2ccccc2)N(c2ccccc2)c2cc(N(c3ccccc3)c3cc(C)ccc3C)cc3c2B4c2sc(-c4ccccc4)cc2N3c2ccccc2)c1. The van der Waals surface area contributed by atoms with Crippen LogP contribution in [0.3, 0.4) is 0 Å². The Bertz CT molecular complexity index is 5300. The van der Waals surface area contributed by atoms with Gasteiger partial charge in [0.1, 0.15) is 5.76 Å². The number of benzene rings is 13. The minimum Gasteiger partial charge on any atom is -0.468 e. The summed E-state index contributed by atoms with van der Waals surface area (Å²) in [5.74, 6) is 0.812. The van der Waals surface area contributed by atoms with Crippen molar-refractivity contribution in [3.8, 4) is 21.8 Å². The number of anilines is 18. The molecule has 0 saturated carbocycles. The van der Waals surface area contributed by atoms with Crippen molar-refractivity contribution in [1.29, 1.82) is 0 Å². The first-order valence-electron chi connectivity index (χ1n) is 34.5. The molecule has 7 nitrogen and oxygen atoms in total. The highest BCUT2D eigenvalue weighted by molar-refractivity contribution is 7.31. The van der Waals surface area contributed by atoms with E-state index in [0.29, 0.717) is 0 Å². The highest BCUT2D eigenvalue weighted by atomic mass is 32.1. The number of rotatable bonds is 12. The Hall–Kier alpha value is -12.2. The van der Waals surface area contributed by atoms with Crippen molar-refractivity contribution in [3.05, 3.63) is 350 Å². The lowest BCUT2D eigenvalue weighted by Crippen LogP contribution is -2.64. The van der Waals surface area contributed by atoms with Gasteiger partial charge in [0.25, 0.3) is 13.4 Å². The minimum atomic E-state index is -0.380. The number of hydrogen-bond acceptors (Lipinski definition) is 8. The summed E-state index contributed by atoms with van der Waals surface area (Å²) in [6, 6.07) is 121. The fourth-order valence-corrected chi connectivity index (χ4v) is 17.3. The first-order valence-corrected chi connectivity index (χ1v) is 35.3. The number of thiophene rings is 1. The van der Waals surface area contributed by atoms with Crippen LogP contribution in [-0.2, 0) is 0 Å². The summed E-state index contributed by atoms with van der Waals surface area (Å²) in [4.78, 5) is 16.3. The summed E-state index contributed by atoms with van der Waals surface area (Å²) >= 11 is 1.92. The number of fused-ring (bicyclic) bond motifs is 8. The van der Waals surface area contributed by atoms with Crippen LogP contribution in [0.1, 0.15) is 22.3 Å². The van der Waals surface area contributed by atoms with Gasteiger partial charge in [0.2, 0.25) is 0 Å². The maximum atomic E-state index is 7.72. The number of nitrogens with zero attached hydrogens (tertiary/aromatic N) is 6. The van der Waals surface area contributed by atoms with E-state index in [1.165, 1.54) is 54.1 Å². The van der Waals surface area contributed by atoms with Gasteiger partial charge >= 0.3 is 0 Å². The average Bonchev–Trinajstić information content (AvgIpc) is 1.08. The van der Waals surface area contributed by atoms with Crippen LogP contribution in [0.5, 0.6) is 0 Å². The molecule has 100 heavy (non-hydrogen) atoms. The molecule has 0 spiro atoms. The lowest BCUT2D eigenvalue weighted by molar-refractivity contribution is 0.615. The van der Waals surface area contributed by atoms with Gasteiger partial charge in [0.15, 0.2) is 0 Å². The Morgan fingerprint density at radius 1 is 0.300 bits per heavy atom. The van der Waals surface area contributed by atoms with Gasteiger partial charge in [-0.25, -0.2) is 0 Å². The first kappa shape index (κ1) is 59.1. The maximum absolute atomic E-state index is 7.72. The van der Waals surface area contributed by atoms with E-state index in [-0.39, 0.29) is 13.4 Å². The van der Waals surface area contributed by atoms with Crippen LogP contribution in [0, 0.1) is 27.7 Å². The molecule has 0 bridgehead atoms. The number of para-hydroxylation sites is 6. The molecule has 15 aromatic rings. The summed E-state index contributed by atoms with van der Waals surface area (Å²) in [6.45, 7) is 8.26. The molecule has 6 heterocycles. The van der Waals surface area contributed by atoms with E-state index >= 15 is 0 Å². The predicted molar refractivity (Wildman–Crippen MR) is 424 cm³/mol. The molecule has 4 aliphatic rings. The molecule has 0 unspecified atom stereocenters. The van der Waals surface area contributed by atoms with Crippen molar-refractivity contribution in [3.63, 3.8) is 0 Å². The molecule has 0 atom stereocenters. The Kier molecular flexibility index (Phi) is 14.1. The molecule has 0 radical (unpaired) electrons. The van der Waals surface area contributed by atoms with Crippen molar-refractivity contribution >= 4 is 159 Å². The third kappa shape index (κ3) is 9.57. The molecule has 0 aliphatic carbocycles. The topological polar surface area (TPSA) is 32.6 Å². The zero-order chi connectivity index (χ0) is 66.7. The lowest BCUT2D eigenvalue weighted by Gasteiger charge is -2.46. The van der Waals surface area contributed by atoms with Crippen LogP contribution in [0.2, 0.25) is 0 Å². The second-order valence-electron chi connectivity index (χ2n) is 26.7. The fourth-order valence-electron chi connectivity index (χ4n) is 16.0. The van der Waals surface area contributed by atoms with Gasteiger partial charge < -0.3 is 33.8 Å². The predicted octanol–water partition coefficient (Wildman–Crippen LogP) is 21.0. The highest BCUT2D eigenvalue weighted by Crippen LogP contribution is 2.54. The Balaban J connectivity index is 0.957. The maximum Gasteiger partial charge on any atom is 0.297 e. The molecule has 474 valence electrons. The van der Waals surface area contributed by atoms with Crippen molar-refractivity contribution < 1.29 is 4.42 Å². The van der Waals surface area contributed by atoms with Crippen LogP contribution < -0.4 is 61.7 Å². The van der Waals surface area contributed by atoms with Crippen molar-refractivity contribution in [2.24, 2.45) is 0 Å². The Morgan fingerprint density at radius 3 is 1.11 bits per heavy atom. The fraction of sp³-hybridized carbons (Fsp3) is 0.0444. The quantitative estimate of drug-likeness (QED) is 0.113. The number of hydrogen-bond donors (Lipinski definition) is 0. The smallest absolute Gasteiger partial charge is 0.297 e. The van der Waals surface area contributed by atoms with Gasteiger partial charge in [0, 0.05) is 101 Å². The molecule has 0 N–H and O–H groups in total. The van der Waals surface area contributed by atoms with Gasteiger partial charge in [-0.3, -0.25) is 0 Å². The van der Waals surface area contributed by atoms with Gasteiger partial charge in [-0.1, -0.05) is 200 Å². The summed E-state index contributed by atoms with van der Waals surface area (Å²) < 4.78 is 9.00. The first-order chi connectivity index (χ1) is 49.3. The Morgan fingerprint density at radius 2 is 0.670 bits per heavy atom. The average molecular weight is 1300 g/mol. The summed E-state index contributed by atoms with van der Waals surface area (Å²) in [7, 11) is 0. The molecule has 0 fully saturated rings. The molecular weight excluding hydrogens is 1230 g/mol. The molecule has 13 aromatic carbocycles. The number of aryl methyl sites for hydroxylation is 4. The molecule has 0 amide bonds. The van der Waals surface area contributed by atoms with E-state index in [9.17, 15) is 0 Å². The van der Waals surface area contributed by atoms with Crippen LogP contribution in [0.25, 0.3) is 21.8 Å². The lowest BCUT2D eigenvalue weighted by atomic mass is 9.32. The van der Waals surface area contributed by atoms with E-state index in [2.05, 4.69) is 385 Å². The summed E-state index contributed by atoms with van der Waals surface area (Å²) in [5.41, 5.74) is 32.0. The third-order valence-corrected chi connectivity index (χ3v) is 21.7. The van der Waals surface area contributed by atoms with E-state index in [0.717, 1.165) is 125 Å². The molecule has 19 rings (SSSR count). The normalized spacial score (nSPS) is 12.9. The standard InChI is InChI=1S/C90H66B2N6OS/c1-59-45-47-61(3)75(49-59)93(65-33-17-7-18-34-65)71-51-79-87-80(52-71)97(69-41-25-11-26-42-69)83-57-85(63-29-13-5-14-30-63)99-89(83)91(87)73-55-74-78(56-77(73)95(79)67-37-21-9-22-38-67)96(68-39-23-10-24-40-68)81-53-72(94(66-35-19-8-20-36-66)76-50-60(2)46-48-62(76)4)54-82-88(81)92(74)90-84(98(82)70-43-27-12-28-44-70)58-86(100-90)64-31-15-6-16-32-64/h5-58H,1-4H3. The zero-order valence-electron chi connectivity index (χ0n) is 55.8. The van der Waals surface area contributed by atoms with E-state index in [1.54, 1.807) is 0 Å². The molecule has 4 aliphatic heterocycles. The molecule has 10 heteroatoms. The van der Waals surface area contributed by atoms with Gasteiger partial charge in [-0.15, -0.1) is 11.3 Å². The van der Waals surface area contributed by atoms with Gasteiger partial charge in [-0.05, 0) is 199 Å². The molecular formula is C90H66B2N6OS. The van der Waals surface area contributed by atoms with Crippen LogP contribution >= 0.6 is 11.3 Å². The Labute approximate surface area is 588 Å². The van der Waals surface area contributed by atoms with Crippen LogP contribution in [0.4, 0.5) is 102 Å². The largest absolute Gasteiger partial charge is 0.468 e. The van der Waals surface area contributed by atoms with E-state index in [1.807, 2.05) is 11.3 Å². The monoisotopic (exact) mass is 1300 g/mol. The van der Waals surface area contributed by atoms with E-state index < -0.39 is 0 Å². The van der Waals surface area contributed by atoms with Crippen molar-refractivity contribution in [2.75, 3.05) is 29.4 Å². The minimum absolute atomic E-state index is 0.228. The number of furan rings is 1.